The molecule has 0 aliphatic heterocycles. The quantitative estimate of drug-likeness (QED) is 0.812. The number of hydrogen-bond acceptors (Lipinski definition) is 4. The maximum absolute atomic E-state index is 5.50. The molecule has 2 rings (SSSR count). The van der Waals surface area contributed by atoms with Crippen LogP contribution in [0.3, 0.4) is 0 Å². The SMILES string of the molecule is Cc1ccc(CN(C)c2ncc(I)cn2)o1. The molecule has 0 atom stereocenters. The Morgan fingerprint density at radius 3 is 2.56 bits per heavy atom. The maximum atomic E-state index is 5.50. The molecule has 0 spiro atoms. The molecule has 0 saturated carbocycles. The minimum Gasteiger partial charge on any atom is -0.464 e. The van der Waals surface area contributed by atoms with Gasteiger partial charge in [0, 0.05) is 23.0 Å². The van der Waals surface area contributed by atoms with Crippen LogP contribution in [0.25, 0.3) is 0 Å². The lowest BCUT2D eigenvalue weighted by atomic mass is 10.4. The topological polar surface area (TPSA) is 42.2 Å². The predicted molar refractivity (Wildman–Crippen MR) is 70.3 cm³/mol. The first-order chi connectivity index (χ1) is 7.65. The molecule has 0 radical (unpaired) electrons. The van der Waals surface area contributed by atoms with E-state index in [0.717, 1.165) is 15.1 Å². The lowest BCUT2D eigenvalue weighted by Crippen LogP contribution is -2.18. The van der Waals surface area contributed by atoms with E-state index >= 15 is 0 Å². The van der Waals surface area contributed by atoms with Crippen LogP contribution in [-0.4, -0.2) is 17.0 Å². The zero-order valence-electron chi connectivity index (χ0n) is 9.14. The highest BCUT2D eigenvalue weighted by Gasteiger charge is 2.07. The van der Waals surface area contributed by atoms with E-state index in [9.17, 15) is 0 Å². The zero-order chi connectivity index (χ0) is 11.5. The summed E-state index contributed by atoms with van der Waals surface area (Å²) >= 11 is 2.18. The lowest BCUT2D eigenvalue weighted by molar-refractivity contribution is 0.480. The van der Waals surface area contributed by atoms with Crippen molar-refractivity contribution >= 4 is 28.5 Å². The standard InChI is InChI=1S/C11H12IN3O/c1-8-3-4-10(16-8)7-15(2)11-13-5-9(12)6-14-11/h3-6H,7H2,1-2H3. The number of rotatable bonds is 3. The van der Waals surface area contributed by atoms with Gasteiger partial charge in [0.25, 0.3) is 0 Å². The number of nitrogens with zero attached hydrogens (tertiary/aromatic N) is 3. The Morgan fingerprint density at radius 2 is 2.00 bits per heavy atom. The molecule has 5 heteroatoms. The fourth-order valence-corrected chi connectivity index (χ4v) is 1.66. The Labute approximate surface area is 108 Å². The Morgan fingerprint density at radius 1 is 1.31 bits per heavy atom. The van der Waals surface area contributed by atoms with E-state index in [1.54, 1.807) is 12.4 Å². The minimum absolute atomic E-state index is 0.675. The van der Waals surface area contributed by atoms with Gasteiger partial charge in [-0.3, -0.25) is 0 Å². The molecule has 0 fully saturated rings. The Balaban J connectivity index is 2.08. The predicted octanol–water partition coefficient (Wildman–Crippen LogP) is 2.62. The Hall–Kier alpha value is -1.11. The molecule has 84 valence electrons. The highest BCUT2D eigenvalue weighted by Crippen LogP contribution is 2.13. The lowest BCUT2D eigenvalue weighted by Gasteiger charge is -2.14. The summed E-state index contributed by atoms with van der Waals surface area (Å²) in [6, 6.07) is 3.93. The average molecular weight is 329 g/mol. The molecule has 2 aromatic rings. The molecule has 2 aromatic heterocycles. The first-order valence-corrected chi connectivity index (χ1v) is 5.97. The molecule has 0 aromatic carbocycles. The summed E-state index contributed by atoms with van der Waals surface area (Å²) < 4.78 is 6.53. The summed E-state index contributed by atoms with van der Waals surface area (Å²) in [7, 11) is 1.94. The summed E-state index contributed by atoms with van der Waals surface area (Å²) in [5, 5.41) is 0. The Bertz CT molecular complexity index is 466. The van der Waals surface area contributed by atoms with Crippen LogP contribution in [-0.2, 0) is 6.54 Å². The normalized spacial score (nSPS) is 10.4. The van der Waals surface area contributed by atoms with Gasteiger partial charge in [-0.05, 0) is 41.6 Å². The maximum Gasteiger partial charge on any atom is 0.225 e. The fraction of sp³-hybridized carbons (Fsp3) is 0.273. The van der Waals surface area contributed by atoms with Gasteiger partial charge in [0.05, 0.1) is 6.54 Å². The third kappa shape index (κ3) is 2.72. The number of aromatic nitrogens is 2. The van der Waals surface area contributed by atoms with E-state index in [4.69, 9.17) is 4.42 Å². The minimum atomic E-state index is 0.675. The van der Waals surface area contributed by atoms with Crippen molar-refractivity contribution in [3.05, 3.63) is 39.6 Å². The van der Waals surface area contributed by atoms with Gasteiger partial charge in [0.1, 0.15) is 11.5 Å². The summed E-state index contributed by atoms with van der Waals surface area (Å²) in [5.74, 6) is 2.54. The summed E-state index contributed by atoms with van der Waals surface area (Å²) in [5.41, 5.74) is 0. The monoisotopic (exact) mass is 329 g/mol. The second kappa shape index (κ2) is 4.82. The van der Waals surface area contributed by atoms with E-state index in [1.807, 2.05) is 31.0 Å². The molecule has 0 unspecified atom stereocenters. The first-order valence-electron chi connectivity index (χ1n) is 4.89. The van der Waals surface area contributed by atoms with Crippen LogP contribution < -0.4 is 4.90 Å². The van der Waals surface area contributed by atoms with Crippen molar-refractivity contribution < 1.29 is 4.42 Å². The highest BCUT2D eigenvalue weighted by molar-refractivity contribution is 14.1. The third-order valence-electron chi connectivity index (χ3n) is 2.14. The number of hydrogen-bond donors (Lipinski definition) is 0. The second-order valence-corrected chi connectivity index (χ2v) is 4.82. The van der Waals surface area contributed by atoms with E-state index in [2.05, 4.69) is 32.6 Å². The molecule has 2 heterocycles. The summed E-state index contributed by atoms with van der Waals surface area (Å²) in [6.45, 7) is 2.61. The van der Waals surface area contributed by atoms with Crippen LogP contribution in [0.2, 0.25) is 0 Å². The number of halogens is 1. The van der Waals surface area contributed by atoms with E-state index in [-0.39, 0.29) is 0 Å². The van der Waals surface area contributed by atoms with Crippen molar-refractivity contribution in [1.29, 1.82) is 0 Å². The van der Waals surface area contributed by atoms with Crippen LogP contribution in [0.15, 0.2) is 28.9 Å². The third-order valence-corrected chi connectivity index (χ3v) is 2.69. The molecule has 0 aliphatic carbocycles. The van der Waals surface area contributed by atoms with Gasteiger partial charge >= 0.3 is 0 Å². The van der Waals surface area contributed by atoms with Crippen molar-refractivity contribution in [2.75, 3.05) is 11.9 Å². The van der Waals surface area contributed by atoms with Gasteiger partial charge in [-0.2, -0.15) is 0 Å². The first kappa shape index (κ1) is 11.4. The molecule has 0 saturated heterocycles. The van der Waals surface area contributed by atoms with Crippen molar-refractivity contribution in [3.63, 3.8) is 0 Å². The summed E-state index contributed by atoms with van der Waals surface area (Å²) in [6.07, 6.45) is 3.60. The Kier molecular flexibility index (Phi) is 3.42. The van der Waals surface area contributed by atoms with Crippen LogP contribution in [0, 0.1) is 10.5 Å². The highest BCUT2D eigenvalue weighted by atomic mass is 127. The molecule has 0 aliphatic rings. The number of furan rings is 1. The molecule has 0 amide bonds. The van der Waals surface area contributed by atoms with Crippen LogP contribution in [0.1, 0.15) is 11.5 Å². The molecule has 0 N–H and O–H groups in total. The largest absolute Gasteiger partial charge is 0.464 e. The fourth-order valence-electron chi connectivity index (χ4n) is 1.38. The van der Waals surface area contributed by atoms with E-state index < -0.39 is 0 Å². The molecular formula is C11H12IN3O. The molecule has 16 heavy (non-hydrogen) atoms. The number of anilines is 1. The smallest absolute Gasteiger partial charge is 0.225 e. The van der Waals surface area contributed by atoms with Gasteiger partial charge < -0.3 is 9.32 Å². The van der Waals surface area contributed by atoms with E-state index in [0.29, 0.717) is 12.5 Å². The molecule has 0 bridgehead atoms. The number of aryl methyl sites for hydroxylation is 1. The average Bonchev–Trinajstić information content (AvgIpc) is 2.65. The zero-order valence-corrected chi connectivity index (χ0v) is 11.3. The van der Waals surface area contributed by atoms with Crippen molar-refractivity contribution in [1.82, 2.24) is 9.97 Å². The molecular weight excluding hydrogens is 317 g/mol. The molecule has 4 nitrogen and oxygen atoms in total. The summed E-state index contributed by atoms with van der Waals surface area (Å²) in [4.78, 5) is 10.4. The van der Waals surface area contributed by atoms with Crippen LogP contribution in [0.5, 0.6) is 0 Å². The van der Waals surface area contributed by atoms with Gasteiger partial charge in [0.15, 0.2) is 0 Å². The van der Waals surface area contributed by atoms with Gasteiger partial charge in [-0.25, -0.2) is 9.97 Å². The van der Waals surface area contributed by atoms with Crippen molar-refractivity contribution in [2.24, 2.45) is 0 Å². The van der Waals surface area contributed by atoms with Crippen LogP contribution >= 0.6 is 22.6 Å². The van der Waals surface area contributed by atoms with Crippen molar-refractivity contribution in [3.8, 4) is 0 Å². The van der Waals surface area contributed by atoms with Crippen LogP contribution in [0.4, 0.5) is 5.95 Å². The second-order valence-electron chi connectivity index (χ2n) is 3.57. The van der Waals surface area contributed by atoms with E-state index in [1.165, 1.54) is 0 Å². The van der Waals surface area contributed by atoms with Gasteiger partial charge in [0.2, 0.25) is 5.95 Å². The van der Waals surface area contributed by atoms with Gasteiger partial charge in [-0.15, -0.1) is 0 Å². The van der Waals surface area contributed by atoms with Crippen molar-refractivity contribution in [2.45, 2.75) is 13.5 Å². The van der Waals surface area contributed by atoms with Gasteiger partial charge in [-0.1, -0.05) is 0 Å².